The Hall–Kier alpha value is -0.530. The van der Waals surface area contributed by atoms with Crippen LogP contribution < -0.4 is 5.73 Å². The van der Waals surface area contributed by atoms with E-state index in [1.54, 1.807) is 0 Å². The van der Waals surface area contributed by atoms with Crippen molar-refractivity contribution in [3.8, 4) is 0 Å². The van der Waals surface area contributed by atoms with Crippen LogP contribution in [-0.2, 0) is 6.54 Å². The molecule has 49 valence electrons. The first-order valence-corrected chi connectivity index (χ1v) is 2.58. The number of rotatable bonds is 1. The van der Waals surface area contributed by atoms with E-state index in [1.165, 1.54) is 0 Å². The van der Waals surface area contributed by atoms with Gasteiger partial charge in [-0.3, -0.25) is 0 Å². The van der Waals surface area contributed by atoms with Crippen LogP contribution >= 0.6 is 12.4 Å². The van der Waals surface area contributed by atoms with E-state index in [-0.39, 0.29) is 12.4 Å². The van der Waals surface area contributed by atoms with E-state index in [2.05, 4.69) is 6.07 Å². The summed E-state index contributed by atoms with van der Waals surface area (Å²) in [5.41, 5.74) is 6.49. The minimum atomic E-state index is 0. The van der Waals surface area contributed by atoms with Gasteiger partial charge in [-0.15, -0.1) is 12.4 Å². The minimum Gasteiger partial charge on any atom is -0.326 e. The molecule has 1 rings (SSSR count). The summed E-state index contributed by atoms with van der Waals surface area (Å²) in [5.74, 6) is 0. The summed E-state index contributed by atoms with van der Waals surface area (Å²) >= 11 is 0. The number of hydrogen-bond donors (Lipinski definition) is 1. The molecule has 0 bridgehead atoms. The van der Waals surface area contributed by atoms with Gasteiger partial charge in [0.2, 0.25) is 0 Å². The van der Waals surface area contributed by atoms with Gasteiger partial charge in [-0.2, -0.15) is 0 Å². The lowest BCUT2D eigenvalue weighted by atomic mass is 10.2. The summed E-state index contributed by atoms with van der Waals surface area (Å²) in [6.07, 6.45) is 0. The Balaban J connectivity index is 0.000000640. The van der Waals surface area contributed by atoms with Gasteiger partial charge in [-0.1, -0.05) is 24.3 Å². The van der Waals surface area contributed by atoms with E-state index in [1.807, 2.05) is 24.3 Å². The third kappa shape index (κ3) is 2.49. The monoisotopic (exact) mass is 142 g/mol. The number of hydrogen-bond acceptors (Lipinski definition) is 1. The van der Waals surface area contributed by atoms with Gasteiger partial charge in [0.1, 0.15) is 0 Å². The Kier molecular flexibility index (Phi) is 4.10. The predicted octanol–water partition coefficient (Wildman–Crippen LogP) is 1.37. The third-order valence-corrected chi connectivity index (χ3v) is 1.02. The Morgan fingerprint density at radius 3 is 2.22 bits per heavy atom. The molecule has 0 saturated heterocycles. The molecule has 1 nitrogen and oxygen atoms in total. The molecule has 9 heavy (non-hydrogen) atoms. The fourth-order valence-corrected chi connectivity index (χ4v) is 0.557. The summed E-state index contributed by atoms with van der Waals surface area (Å²) in [4.78, 5) is 0. The summed E-state index contributed by atoms with van der Waals surface area (Å²) < 4.78 is 0. The van der Waals surface area contributed by atoms with Crippen molar-refractivity contribution in [2.45, 2.75) is 6.54 Å². The van der Waals surface area contributed by atoms with Crippen molar-refractivity contribution >= 4 is 12.4 Å². The van der Waals surface area contributed by atoms with E-state index in [9.17, 15) is 0 Å². The highest BCUT2D eigenvalue weighted by atomic mass is 35.5. The highest BCUT2D eigenvalue weighted by Crippen LogP contribution is 1.93. The van der Waals surface area contributed by atoms with Crippen LogP contribution in [0.15, 0.2) is 24.3 Å². The molecule has 0 heterocycles. The maximum Gasteiger partial charge on any atom is 0.0178 e. The van der Waals surface area contributed by atoms with Gasteiger partial charge in [0.15, 0.2) is 0 Å². The largest absolute Gasteiger partial charge is 0.326 e. The Morgan fingerprint density at radius 1 is 1.33 bits per heavy atom. The number of halogens is 1. The van der Waals surface area contributed by atoms with Crippen molar-refractivity contribution in [3.05, 3.63) is 35.9 Å². The average molecular weight is 143 g/mol. The molecule has 0 saturated carbocycles. The quantitative estimate of drug-likeness (QED) is 0.630. The van der Waals surface area contributed by atoms with E-state index in [0.29, 0.717) is 6.54 Å². The Morgan fingerprint density at radius 2 is 1.89 bits per heavy atom. The fraction of sp³-hybridized carbons (Fsp3) is 0.143. The molecule has 0 amide bonds. The van der Waals surface area contributed by atoms with Crippen molar-refractivity contribution in [2.75, 3.05) is 0 Å². The van der Waals surface area contributed by atoms with Crippen LogP contribution in [0.1, 0.15) is 5.56 Å². The zero-order valence-electron chi connectivity index (χ0n) is 5.00. The number of nitrogens with two attached hydrogens (primary N) is 1. The summed E-state index contributed by atoms with van der Waals surface area (Å²) in [6, 6.07) is 10.6. The molecule has 0 unspecified atom stereocenters. The van der Waals surface area contributed by atoms with Gasteiger partial charge in [0, 0.05) is 6.54 Å². The summed E-state index contributed by atoms with van der Waals surface area (Å²) in [6.45, 7) is 0.620. The Bertz CT molecular complexity index is 150. The van der Waals surface area contributed by atoms with Gasteiger partial charge < -0.3 is 5.73 Å². The molecule has 0 aliphatic carbocycles. The predicted molar refractivity (Wildman–Crippen MR) is 40.4 cm³/mol. The van der Waals surface area contributed by atoms with E-state index in [4.69, 9.17) is 5.73 Å². The molecule has 0 atom stereocenters. The van der Waals surface area contributed by atoms with Gasteiger partial charge in [-0.05, 0) is 11.6 Å². The second kappa shape index (κ2) is 4.36. The van der Waals surface area contributed by atoms with Crippen molar-refractivity contribution in [1.29, 1.82) is 0 Å². The topological polar surface area (TPSA) is 26.0 Å². The van der Waals surface area contributed by atoms with Crippen LogP contribution in [0.25, 0.3) is 0 Å². The maximum atomic E-state index is 5.34. The van der Waals surface area contributed by atoms with Crippen LogP contribution in [0, 0.1) is 6.07 Å². The molecule has 0 fully saturated rings. The van der Waals surface area contributed by atoms with E-state index >= 15 is 0 Å². The zero-order valence-corrected chi connectivity index (χ0v) is 5.82. The normalized spacial score (nSPS) is 8.11. The average Bonchev–Trinajstić information content (AvgIpc) is 1.90. The van der Waals surface area contributed by atoms with E-state index in [0.717, 1.165) is 5.56 Å². The lowest BCUT2D eigenvalue weighted by Crippen LogP contribution is -1.94. The molecule has 1 radical (unpaired) electrons. The van der Waals surface area contributed by atoms with Gasteiger partial charge in [0.05, 0.1) is 0 Å². The van der Waals surface area contributed by atoms with Crippen molar-refractivity contribution < 1.29 is 0 Å². The first kappa shape index (κ1) is 8.47. The zero-order chi connectivity index (χ0) is 5.82. The first-order valence-electron chi connectivity index (χ1n) is 2.58. The van der Waals surface area contributed by atoms with E-state index < -0.39 is 0 Å². The molecule has 0 spiro atoms. The SMILES string of the molecule is Cl.NCc1cc[c]cc1. The Labute approximate surface area is 61.3 Å². The highest BCUT2D eigenvalue weighted by molar-refractivity contribution is 5.85. The van der Waals surface area contributed by atoms with Crippen molar-refractivity contribution in [3.63, 3.8) is 0 Å². The van der Waals surface area contributed by atoms with Crippen molar-refractivity contribution in [1.82, 2.24) is 0 Å². The minimum absolute atomic E-state index is 0. The lowest BCUT2D eigenvalue weighted by molar-refractivity contribution is 1.07. The van der Waals surface area contributed by atoms with Crippen LogP contribution in [0.5, 0.6) is 0 Å². The van der Waals surface area contributed by atoms with Crippen LogP contribution in [-0.4, -0.2) is 0 Å². The second-order valence-electron chi connectivity index (χ2n) is 1.61. The molecule has 1 aromatic rings. The van der Waals surface area contributed by atoms with Gasteiger partial charge in [-0.25, -0.2) is 0 Å². The molecule has 0 aliphatic rings. The van der Waals surface area contributed by atoms with Crippen molar-refractivity contribution in [2.24, 2.45) is 5.73 Å². The maximum absolute atomic E-state index is 5.34. The number of benzene rings is 1. The summed E-state index contributed by atoms with van der Waals surface area (Å²) in [5, 5.41) is 0. The fourth-order valence-electron chi connectivity index (χ4n) is 0.557. The highest BCUT2D eigenvalue weighted by Gasteiger charge is 1.80. The smallest absolute Gasteiger partial charge is 0.0178 e. The van der Waals surface area contributed by atoms with Crippen LogP contribution in [0.3, 0.4) is 0 Å². The standard InChI is InChI=1S/C7H8N.ClH/c8-6-7-4-2-1-3-5-7;/h2-5H,6,8H2;1H. The molecular weight excluding hydrogens is 134 g/mol. The molecule has 0 aromatic heterocycles. The molecule has 1 aromatic carbocycles. The third-order valence-electron chi connectivity index (χ3n) is 1.02. The van der Waals surface area contributed by atoms with Crippen LogP contribution in [0.2, 0.25) is 0 Å². The second-order valence-corrected chi connectivity index (χ2v) is 1.61. The van der Waals surface area contributed by atoms with Crippen LogP contribution in [0.4, 0.5) is 0 Å². The molecule has 0 aliphatic heterocycles. The molecule has 2 N–H and O–H groups in total. The summed E-state index contributed by atoms with van der Waals surface area (Å²) in [7, 11) is 0. The first-order chi connectivity index (χ1) is 3.93. The lowest BCUT2D eigenvalue weighted by Gasteiger charge is -1.89. The van der Waals surface area contributed by atoms with Gasteiger partial charge in [0.25, 0.3) is 0 Å². The molecular formula is C7H9ClN. The molecule has 2 heteroatoms. The van der Waals surface area contributed by atoms with Gasteiger partial charge >= 0.3 is 0 Å².